The molecule has 0 unspecified atom stereocenters. The van der Waals surface area contributed by atoms with Gasteiger partial charge in [0.25, 0.3) is 0 Å². The third-order valence-corrected chi connectivity index (χ3v) is 2.70. The van der Waals surface area contributed by atoms with Crippen molar-refractivity contribution >= 4 is 0 Å². The predicted octanol–water partition coefficient (Wildman–Crippen LogP) is 1.76. The summed E-state index contributed by atoms with van der Waals surface area (Å²) in [7, 11) is 0. The van der Waals surface area contributed by atoms with Crippen molar-refractivity contribution in [2.24, 2.45) is 0 Å². The molecule has 0 aliphatic carbocycles. The van der Waals surface area contributed by atoms with E-state index >= 15 is 0 Å². The van der Waals surface area contributed by atoms with Crippen LogP contribution in [0, 0.1) is 0 Å². The Labute approximate surface area is 113 Å². The van der Waals surface area contributed by atoms with Crippen LogP contribution >= 0.6 is 0 Å². The highest BCUT2D eigenvalue weighted by Crippen LogP contribution is 2.06. The Hall–Kier alpha value is -1.69. The molecule has 19 heavy (non-hydrogen) atoms. The van der Waals surface area contributed by atoms with Gasteiger partial charge in [0, 0.05) is 24.4 Å². The molecule has 6 heteroatoms. The number of aryl methyl sites for hydroxylation is 1. The van der Waals surface area contributed by atoms with Crippen molar-refractivity contribution in [2.45, 2.75) is 52.7 Å². The molecule has 0 aliphatic rings. The number of hydrogen-bond donors (Lipinski definition) is 1. The van der Waals surface area contributed by atoms with Gasteiger partial charge in [-0.1, -0.05) is 12.1 Å². The molecule has 0 fully saturated rings. The van der Waals surface area contributed by atoms with Crippen LogP contribution in [0.2, 0.25) is 0 Å². The zero-order valence-electron chi connectivity index (χ0n) is 12.0. The molecule has 0 bridgehead atoms. The lowest BCUT2D eigenvalue weighted by molar-refractivity contribution is 0.374. The van der Waals surface area contributed by atoms with Crippen molar-refractivity contribution < 1.29 is 4.52 Å². The lowest BCUT2D eigenvalue weighted by Crippen LogP contribution is -2.36. The van der Waals surface area contributed by atoms with E-state index in [4.69, 9.17) is 4.52 Å². The second-order valence-corrected chi connectivity index (χ2v) is 5.53. The molecule has 0 aliphatic heterocycles. The average Bonchev–Trinajstić information content (AvgIpc) is 2.95. The van der Waals surface area contributed by atoms with Gasteiger partial charge in [0.1, 0.15) is 5.82 Å². The molecule has 6 nitrogen and oxygen atoms in total. The maximum Gasteiger partial charge on any atom is 0.226 e. The fraction of sp³-hybridized carbons (Fsp3) is 0.615. The maximum atomic E-state index is 5.11. The minimum atomic E-state index is 0.0678. The van der Waals surface area contributed by atoms with Crippen LogP contribution in [-0.2, 0) is 19.5 Å². The molecule has 0 atom stereocenters. The van der Waals surface area contributed by atoms with Crippen molar-refractivity contribution in [2.75, 3.05) is 0 Å². The zero-order chi connectivity index (χ0) is 13.9. The van der Waals surface area contributed by atoms with Crippen LogP contribution in [0.25, 0.3) is 0 Å². The first-order valence-corrected chi connectivity index (χ1v) is 6.54. The summed E-state index contributed by atoms with van der Waals surface area (Å²) < 4.78 is 7.14. The number of hydrogen-bond acceptors (Lipinski definition) is 5. The van der Waals surface area contributed by atoms with Gasteiger partial charge in [0.05, 0.1) is 13.1 Å². The van der Waals surface area contributed by atoms with Crippen LogP contribution in [0.1, 0.15) is 45.2 Å². The monoisotopic (exact) mass is 263 g/mol. The number of rotatable bonds is 5. The van der Waals surface area contributed by atoms with E-state index in [0.717, 1.165) is 18.8 Å². The number of aromatic nitrogens is 4. The van der Waals surface area contributed by atoms with Gasteiger partial charge in [-0.25, -0.2) is 4.98 Å². The number of nitrogens with zero attached hydrogens (tertiary/aromatic N) is 4. The van der Waals surface area contributed by atoms with Crippen molar-refractivity contribution in [3.05, 3.63) is 29.9 Å². The van der Waals surface area contributed by atoms with Gasteiger partial charge in [-0.3, -0.25) is 0 Å². The second kappa shape index (κ2) is 5.52. The molecule has 2 heterocycles. The van der Waals surface area contributed by atoms with E-state index < -0.39 is 0 Å². The first kappa shape index (κ1) is 13.7. The average molecular weight is 263 g/mol. The van der Waals surface area contributed by atoms with Crippen molar-refractivity contribution in [3.63, 3.8) is 0 Å². The Morgan fingerprint density at radius 1 is 1.37 bits per heavy atom. The Morgan fingerprint density at radius 2 is 2.16 bits per heavy atom. The van der Waals surface area contributed by atoms with E-state index in [9.17, 15) is 0 Å². The molecule has 2 aromatic heterocycles. The largest absolute Gasteiger partial charge is 0.339 e. The SMILES string of the molecule is CCc1nc(Cn2ccnc2CNC(C)(C)C)no1. The van der Waals surface area contributed by atoms with Crippen molar-refractivity contribution in [3.8, 4) is 0 Å². The Balaban J connectivity index is 2.03. The highest BCUT2D eigenvalue weighted by molar-refractivity contribution is 4.97. The van der Waals surface area contributed by atoms with Gasteiger partial charge in [-0.05, 0) is 20.8 Å². The molecule has 2 aromatic rings. The number of imidazole rings is 1. The van der Waals surface area contributed by atoms with Crippen molar-refractivity contribution in [1.82, 2.24) is 25.0 Å². The van der Waals surface area contributed by atoms with Crippen LogP contribution in [0.4, 0.5) is 0 Å². The summed E-state index contributed by atoms with van der Waals surface area (Å²) in [6, 6.07) is 0. The van der Waals surface area contributed by atoms with E-state index in [1.807, 2.05) is 17.7 Å². The normalized spacial score (nSPS) is 12.0. The predicted molar refractivity (Wildman–Crippen MR) is 71.6 cm³/mol. The molecule has 0 radical (unpaired) electrons. The van der Waals surface area contributed by atoms with Gasteiger partial charge < -0.3 is 14.4 Å². The van der Waals surface area contributed by atoms with Gasteiger partial charge in [0.15, 0.2) is 5.82 Å². The summed E-state index contributed by atoms with van der Waals surface area (Å²) in [5, 5.41) is 7.38. The van der Waals surface area contributed by atoms with Crippen LogP contribution in [-0.4, -0.2) is 25.2 Å². The highest BCUT2D eigenvalue weighted by atomic mass is 16.5. The first-order chi connectivity index (χ1) is 8.98. The van der Waals surface area contributed by atoms with Gasteiger partial charge in [0.2, 0.25) is 5.89 Å². The summed E-state index contributed by atoms with van der Waals surface area (Å²) in [6.45, 7) is 9.69. The molecule has 0 saturated heterocycles. The van der Waals surface area contributed by atoms with Crippen LogP contribution in [0.3, 0.4) is 0 Å². The molecular formula is C13H21N5O. The number of nitrogens with one attached hydrogen (secondary N) is 1. The molecule has 104 valence electrons. The van der Waals surface area contributed by atoms with E-state index in [2.05, 4.69) is 41.2 Å². The minimum Gasteiger partial charge on any atom is -0.339 e. The summed E-state index contributed by atoms with van der Waals surface area (Å²) >= 11 is 0. The molecule has 0 aromatic carbocycles. The summed E-state index contributed by atoms with van der Waals surface area (Å²) in [4.78, 5) is 8.66. The standard InChI is InChI=1S/C13H21N5O/c1-5-12-16-10(17-19-12)9-18-7-6-14-11(18)8-15-13(2,3)4/h6-7,15H,5,8-9H2,1-4H3. The third-order valence-electron chi connectivity index (χ3n) is 2.70. The molecule has 2 rings (SSSR count). The first-order valence-electron chi connectivity index (χ1n) is 6.54. The molecular weight excluding hydrogens is 242 g/mol. The van der Waals surface area contributed by atoms with Crippen LogP contribution in [0.15, 0.2) is 16.9 Å². The summed E-state index contributed by atoms with van der Waals surface area (Å²) in [5.74, 6) is 2.33. The minimum absolute atomic E-state index is 0.0678. The fourth-order valence-electron chi connectivity index (χ4n) is 1.65. The Morgan fingerprint density at radius 3 is 2.79 bits per heavy atom. The second-order valence-electron chi connectivity index (χ2n) is 5.53. The van der Waals surface area contributed by atoms with Gasteiger partial charge in [-0.15, -0.1) is 0 Å². The lowest BCUT2D eigenvalue weighted by Gasteiger charge is -2.20. The Kier molecular flexibility index (Phi) is 3.99. The maximum absolute atomic E-state index is 5.11. The fourth-order valence-corrected chi connectivity index (χ4v) is 1.65. The molecule has 0 saturated carbocycles. The van der Waals surface area contributed by atoms with Crippen molar-refractivity contribution in [1.29, 1.82) is 0 Å². The lowest BCUT2D eigenvalue weighted by atomic mass is 10.1. The van der Waals surface area contributed by atoms with Crippen LogP contribution in [0.5, 0.6) is 0 Å². The highest BCUT2D eigenvalue weighted by Gasteiger charge is 2.12. The third kappa shape index (κ3) is 3.89. The quantitative estimate of drug-likeness (QED) is 0.890. The van der Waals surface area contributed by atoms with E-state index in [1.54, 1.807) is 6.20 Å². The van der Waals surface area contributed by atoms with Crippen LogP contribution < -0.4 is 5.32 Å². The summed E-state index contributed by atoms with van der Waals surface area (Å²) in [5.41, 5.74) is 0.0678. The smallest absolute Gasteiger partial charge is 0.226 e. The van der Waals surface area contributed by atoms with E-state index in [-0.39, 0.29) is 5.54 Å². The van der Waals surface area contributed by atoms with E-state index in [0.29, 0.717) is 18.3 Å². The Bertz CT molecular complexity index is 523. The van der Waals surface area contributed by atoms with E-state index in [1.165, 1.54) is 0 Å². The summed E-state index contributed by atoms with van der Waals surface area (Å²) in [6.07, 6.45) is 4.48. The van der Waals surface area contributed by atoms with Gasteiger partial charge >= 0.3 is 0 Å². The molecule has 1 N–H and O–H groups in total. The molecule has 0 spiro atoms. The zero-order valence-corrected chi connectivity index (χ0v) is 12.0. The molecule has 0 amide bonds. The topological polar surface area (TPSA) is 68.8 Å². The van der Waals surface area contributed by atoms with Gasteiger partial charge in [-0.2, -0.15) is 4.98 Å².